The van der Waals surface area contributed by atoms with Crippen LogP contribution in [0, 0.1) is 0 Å². The van der Waals surface area contributed by atoms with Crippen LogP contribution in [0.4, 0.5) is 4.79 Å². The van der Waals surface area contributed by atoms with Crippen molar-refractivity contribution in [3.05, 3.63) is 35.4 Å². The molecule has 0 fully saturated rings. The van der Waals surface area contributed by atoms with E-state index in [9.17, 15) is 24.3 Å². The molecule has 2 atom stereocenters. The second kappa shape index (κ2) is 8.28. The Morgan fingerprint density at radius 3 is 2.39 bits per heavy atom. The van der Waals surface area contributed by atoms with Gasteiger partial charge in [0.25, 0.3) is 0 Å². The standard InChI is InChI=1S/C19H25N3O6/c1-19(2,3)28-18(27)21-13(9-15(20)23)16(24)22-10-12-7-5-4-6-11(12)8-14(22)17(25)26/h4-7,13-14H,8-10H2,1-3H3,(H2,20,23)(H,21,27)(H,25,26)/t13-,14-/m0/s1. The van der Waals surface area contributed by atoms with E-state index < -0.39 is 48.0 Å². The van der Waals surface area contributed by atoms with E-state index in [-0.39, 0.29) is 13.0 Å². The molecule has 9 heteroatoms. The third kappa shape index (κ3) is 5.45. The Balaban J connectivity index is 2.27. The number of hydrogen-bond acceptors (Lipinski definition) is 5. The van der Waals surface area contributed by atoms with Gasteiger partial charge < -0.3 is 25.8 Å². The zero-order valence-electron chi connectivity index (χ0n) is 16.1. The average molecular weight is 391 g/mol. The van der Waals surface area contributed by atoms with Crippen molar-refractivity contribution in [2.75, 3.05) is 0 Å². The van der Waals surface area contributed by atoms with Crippen LogP contribution in [0.2, 0.25) is 0 Å². The molecule has 1 aliphatic heterocycles. The number of ether oxygens (including phenoxy) is 1. The van der Waals surface area contributed by atoms with Gasteiger partial charge in [0.1, 0.15) is 17.7 Å². The highest BCUT2D eigenvalue weighted by atomic mass is 16.6. The van der Waals surface area contributed by atoms with Crippen molar-refractivity contribution in [1.29, 1.82) is 0 Å². The molecule has 2 rings (SSSR count). The molecule has 1 heterocycles. The lowest BCUT2D eigenvalue weighted by Gasteiger charge is -2.36. The lowest BCUT2D eigenvalue weighted by molar-refractivity contribution is -0.152. The van der Waals surface area contributed by atoms with E-state index in [0.29, 0.717) is 0 Å². The van der Waals surface area contributed by atoms with Gasteiger partial charge in [-0.2, -0.15) is 0 Å². The summed E-state index contributed by atoms with van der Waals surface area (Å²) in [4.78, 5) is 49.4. The summed E-state index contributed by atoms with van der Waals surface area (Å²) >= 11 is 0. The fraction of sp³-hybridized carbons (Fsp3) is 0.474. The van der Waals surface area contributed by atoms with Gasteiger partial charge in [0, 0.05) is 13.0 Å². The van der Waals surface area contributed by atoms with Crippen LogP contribution >= 0.6 is 0 Å². The molecule has 1 aromatic rings. The first-order chi connectivity index (χ1) is 13.0. The van der Waals surface area contributed by atoms with Crippen LogP contribution in [0.3, 0.4) is 0 Å². The number of aliphatic carboxylic acids is 1. The summed E-state index contributed by atoms with van der Waals surface area (Å²) in [5.41, 5.74) is 6.06. The van der Waals surface area contributed by atoms with Crippen molar-refractivity contribution < 1.29 is 29.0 Å². The molecule has 152 valence electrons. The Hall–Kier alpha value is -3.10. The number of amides is 3. The second-order valence-electron chi connectivity index (χ2n) is 7.66. The number of nitrogens with two attached hydrogens (primary N) is 1. The van der Waals surface area contributed by atoms with Crippen LogP contribution < -0.4 is 11.1 Å². The van der Waals surface area contributed by atoms with Crippen LogP contribution in [0.15, 0.2) is 24.3 Å². The molecule has 3 amide bonds. The van der Waals surface area contributed by atoms with E-state index >= 15 is 0 Å². The fourth-order valence-electron chi connectivity index (χ4n) is 3.03. The summed E-state index contributed by atoms with van der Waals surface area (Å²) in [7, 11) is 0. The van der Waals surface area contributed by atoms with Crippen LogP contribution in [-0.4, -0.2) is 51.6 Å². The Kier molecular flexibility index (Phi) is 6.27. The Bertz CT molecular complexity index is 786. The van der Waals surface area contributed by atoms with Crippen molar-refractivity contribution in [2.45, 2.75) is 57.8 Å². The van der Waals surface area contributed by atoms with Crippen molar-refractivity contribution >= 4 is 23.9 Å². The highest BCUT2D eigenvalue weighted by molar-refractivity contribution is 5.93. The minimum absolute atomic E-state index is 0.0528. The maximum absolute atomic E-state index is 13.0. The largest absolute Gasteiger partial charge is 0.480 e. The number of fused-ring (bicyclic) bond motifs is 1. The monoisotopic (exact) mass is 391 g/mol. The van der Waals surface area contributed by atoms with Crippen molar-refractivity contribution in [3.8, 4) is 0 Å². The van der Waals surface area contributed by atoms with Crippen LogP contribution in [-0.2, 0) is 32.1 Å². The SMILES string of the molecule is CC(C)(C)OC(=O)N[C@@H](CC(N)=O)C(=O)N1Cc2ccccc2C[C@H]1C(=O)O. The number of carbonyl (C=O) groups is 4. The van der Waals surface area contributed by atoms with Gasteiger partial charge in [0.15, 0.2) is 0 Å². The van der Waals surface area contributed by atoms with Crippen LogP contribution in [0.25, 0.3) is 0 Å². The maximum atomic E-state index is 13.0. The number of nitrogens with zero attached hydrogens (tertiary/aromatic N) is 1. The van der Waals surface area contributed by atoms with E-state index in [2.05, 4.69) is 5.32 Å². The first-order valence-electron chi connectivity index (χ1n) is 8.86. The van der Waals surface area contributed by atoms with E-state index in [1.165, 1.54) is 0 Å². The van der Waals surface area contributed by atoms with Gasteiger partial charge in [-0.3, -0.25) is 9.59 Å². The van der Waals surface area contributed by atoms with Crippen LogP contribution in [0.1, 0.15) is 38.3 Å². The molecule has 0 radical (unpaired) electrons. The number of hydrogen-bond donors (Lipinski definition) is 3. The number of benzene rings is 1. The summed E-state index contributed by atoms with van der Waals surface area (Å²) in [6.07, 6.45) is -1.23. The number of primary amides is 1. The predicted molar refractivity (Wildman–Crippen MR) is 99.1 cm³/mol. The maximum Gasteiger partial charge on any atom is 0.408 e. The van der Waals surface area contributed by atoms with E-state index in [4.69, 9.17) is 10.5 Å². The molecule has 0 saturated heterocycles. The molecule has 0 saturated carbocycles. The Labute approximate surface area is 162 Å². The number of carboxylic acid groups (broad SMARTS) is 1. The summed E-state index contributed by atoms with van der Waals surface area (Å²) in [6.45, 7) is 5.01. The number of carboxylic acids is 1. The first kappa shape index (κ1) is 21.2. The minimum Gasteiger partial charge on any atom is -0.480 e. The third-order valence-corrected chi connectivity index (χ3v) is 4.21. The van der Waals surface area contributed by atoms with Crippen LogP contribution in [0.5, 0.6) is 0 Å². The molecule has 0 spiro atoms. The van der Waals surface area contributed by atoms with E-state index in [0.717, 1.165) is 16.0 Å². The van der Waals surface area contributed by atoms with Crippen molar-refractivity contribution in [2.24, 2.45) is 5.73 Å². The molecule has 9 nitrogen and oxygen atoms in total. The van der Waals surface area contributed by atoms with Gasteiger partial charge in [0.2, 0.25) is 11.8 Å². The Morgan fingerprint density at radius 2 is 1.86 bits per heavy atom. The highest BCUT2D eigenvalue weighted by Crippen LogP contribution is 2.24. The Morgan fingerprint density at radius 1 is 1.25 bits per heavy atom. The molecule has 1 aliphatic rings. The van der Waals surface area contributed by atoms with Crippen molar-refractivity contribution in [3.63, 3.8) is 0 Å². The van der Waals surface area contributed by atoms with Gasteiger partial charge in [-0.1, -0.05) is 24.3 Å². The normalized spacial score (nSPS) is 17.2. The van der Waals surface area contributed by atoms with Gasteiger partial charge in [0.05, 0.1) is 6.42 Å². The summed E-state index contributed by atoms with van der Waals surface area (Å²) in [6, 6.07) is 4.78. The van der Waals surface area contributed by atoms with E-state index in [1.807, 2.05) is 6.07 Å². The highest BCUT2D eigenvalue weighted by Gasteiger charge is 2.38. The summed E-state index contributed by atoms with van der Waals surface area (Å²) < 4.78 is 5.13. The summed E-state index contributed by atoms with van der Waals surface area (Å²) in [5.74, 6) is -2.68. The van der Waals surface area contributed by atoms with Gasteiger partial charge in [-0.05, 0) is 31.9 Å². The zero-order valence-corrected chi connectivity index (χ0v) is 16.1. The molecule has 4 N–H and O–H groups in total. The predicted octanol–water partition coefficient (Wildman–Crippen LogP) is 0.793. The minimum atomic E-state index is -1.32. The van der Waals surface area contributed by atoms with Gasteiger partial charge in [-0.15, -0.1) is 0 Å². The molecular weight excluding hydrogens is 366 g/mol. The van der Waals surface area contributed by atoms with Gasteiger partial charge in [-0.25, -0.2) is 9.59 Å². The molecule has 1 aromatic carbocycles. The summed E-state index contributed by atoms with van der Waals surface area (Å²) in [5, 5.41) is 11.9. The molecule has 0 bridgehead atoms. The number of alkyl carbamates (subject to hydrolysis) is 1. The van der Waals surface area contributed by atoms with Crippen molar-refractivity contribution in [1.82, 2.24) is 10.2 Å². The molecule has 0 aromatic heterocycles. The fourth-order valence-corrected chi connectivity index (χ4v) is 3.03. The molecule has 0 aliphatic carbocycles. The lowest BCUT2D eigenvalue weighted by atomic mass is 9.93. The third-order valence-electron chi connectivity index (χ3n) is 4.21. The zero-order chi connectivity index (χ0) is 21.1. The first-order valence-corrected chi connectivity index (χ1v) is 8.86. The second-order valence-corrected chi connectivity index (χ2v) is 7.66. The number of rotatable bonds is 5. The smallest absolute Gasteiger partial charge is 0.408 e. The topological polar surface area (TPSA) is 139 Å². The number of nitrogens with one attached hydrogen (secondary N) is 1. The van der Waals surface area contributed by atoms with Gasteiger partial charge >= 0.3 is 12.1 Å². The lowest BCUT2D eigenvalue weighted by Crippen LogP contribution is -2.56. The molecular formula is C19H25N3O6. The average Bonchev–Trinajstić information content (AvgIpc) is 2.57. The van der Waals surface area contributed by atoms with E-state index in [1.54, 1.807) is 39.0 Å². The number of carbonyl (C=O) groups excluding carboxylic acids is 3. The quantitative estimate of drug-likeness (QED) is 0.678. The molecule has 28 heavy (non-hydrogen) atoms. The molecule has 0 unspecified atom stereocenters.